The third-order valence-electron chi connectivity index (χ3n) is 5.61. The molecule has 0 spiro atoms. The van der Waals surface area contributed by atoms with E-state index >= 15 is 0 Å². The summed E-state index contributed by atoms with van der Waals surface area (Å²) >= 11 is 0. The van der Waals surface area contributed by atoms with Crippen LogP contribution >= 0.6 is 0 Å². The van der Waals surface area contributed by atoms with Gasteiger partial charge in [-0.1, -0.05) is 37.1 Å². The molecule has 0 amide bonds. The van der Waals surface area contributed by atoms with Crippen LogP contribution in [-0.2, 0) is 11.8 Å². The number of halogens is 1. The van der Waals surface area contributed by atoms with Crippen LogP contribution in [0.3, 0.4) is 0 Å². The maximum absolute atomic E-state index is 13.1. The minimum atomic E-state index is -0.285. The Morgan fingerprint density at radius 3 is 2.26 bits per heavy atom. The molecule has 31 heavy (non-hydrogen) atoms. The molecule has 0 aliphatic rings. The standard InChI is InChI=1S/C28H29FO2/c1-4-28(5-2,23-12-16-25(17-13-23)30-6-3)20-8-10-22-9-7-11-27(21-22)31-26-18-14-24(29)15-19-26/h1,7,9,11-19,21H,5-6,8,10,20H2,2-3H3. The van der Waals surface area contributed by atoms with Crippen molar-refractivity contribution in [1.29, 1.82) is 0 Å². The Morgan fingerprint density at radius 1 is 0.903 bits per heavy atom. The summed E-state index contributed by atoms with van der Waals surface area (Å²) in [6, 6.07) is 22.2. The predicted octanol–water partition coefficient (Wildman–Crippen LogP) is 7.32. The fourth-order valence-corrected chi connectivity index (χ4v) is 3.82. The highest BCUT2D eigenvalue weighted by atomic mass is 19.1. The molecule has 160 valence electrons. The fourth-order valence-electron chi connectivity index (χ4n) is 3.82. The average molecular weight is 417 g/mol. The number of rotatable bonds is 10. The lowest BCUT2D eigenvalue weighted by Gasteiger charge is -2.28. The Kier molecular flexibility index (Phi) is 7.73. The zero-order valence-corrected chi connectivity index (χ0v) is 18.2. The van der Waals surface area contributed by atoms with Gasteiger partial charge in [-0.05, 0) is 92.3 Å². The molecule has 3 rings (SSSR count). The first kappa shape index (κ1) is 22.4. The summed E-state index contributed by atoms with van der Waals surface area (Å²) < 4.78 is 24.5. The third-order valence-corrected chi connectivity index (χ3v) is 5.61. The number of aryl methyl sites for hydroxylation is 1. The van der Waals surface area contributed by atoms with Gasteiger partial charge in [0.2, 0.25) is 0 Å². The van der Waals surface area contributed by atoms with E-state index in [-0.39, 0.29) is 11.2 Å². The second-order valence-corrected chi connectivity index (χ2v) is 7.59. The largest absolute Gasteiger partial charge is 0.494 e. The second-order valence-electron chi connectivity index (χ2n) is 7.59. The lowest BCUT2D eigenvalue weighted by atomic mass is 9.75. The molecule has 0 saturated heterocycles. The second kappa shape index (κ2) is 10.7. The van der Waals surface area contributed by atoms with Crippen molar-refractivity contribution in [3.8, 4) is 29.6 Å². The van der Waals surface area contributed by atoms with E-state index in [0.29, 0.717) is 12.4 Å². The Balaban J connectivity index is 1.64. The first-order chi connectivity index (χ1) is 15.1. The number of hydrogen-bond donors (Lipinski definition) is 0. The minimum absolute atomic E-state index is 0.276. The summed E-state index contributed by atoms with van der Waals surface area (Å²) in [5.74, 6) is 5.02. The minimum Gasteiger partial charge on any atom is -0.494 e. The van der Waals surface area contributed by atoms with Gasteiger partial charge in [0, 0.05) is 0 Å². The first-order valence-corrected chi connectivity index (χ1v) is 10.8. The van der Waals surface area contributed by atoms with Crippen LogP contribution in [0.15, 0.2) is 72.8 Å². The van der Waals surface area contributed by atoms with Crippen molar-refractivity contribution in [2.75, 3.05) is 6.61 Å². The summed E-state index contributed by atoms with van der Waals surface area (Å²) in [5, 5.41) is 0. The van der Waals surface area contributed by atoms with Crippen molar-refractivity contribution >= 4 is 0 Å². The van der Waals surface area contributed by atoms with Crippen LogP contribution in [0.5, 0.6) is 17.2 Å². The normalized spacial score (nSPS) is 12.6. The zero-order chi connectivity index (χ0) is 22.1. The summed E-state index contributed by atoms with van der Waals surface area (Å²) in [4.78, 5) is 0. The van der Waals surface area contributed by atoms with Crippen LogP contribution in [0.2, 0.25) is 0 Å². The van der Waals surface area contributed by atoms with Gasteiger partial charge in [-0.25, -0.2) is 4.39 Å². The van der Waals surface area contributed by atoms with E-state index in [0.717, 1.165) is 42.7 Å². The zero-order valence-electron chi connectivity index (χ0n) is 18.2. The van der Waals surface area contributed by atoms with E-state index in [1.165, 1.54) is 17.7 Å². The van der Waals surface area contributed by atoms with Gasteiger partial charge in [-0.2, -0.15) is 0 Å². The highest BCUT2D eigenvalue weighted by molar-refractivity contribution is 5.38. The lowest BCUT2D eigenvalue weighted by Crippen LogP contribution is -2.23. The molecule has 0 aliphatic carbocycles. The quantitative estimate of drug-likeness (QED) is 0.322. The van der Waals surface area contributed by atoms with Gasteiger partial charge in [-0.3, -0.25) is 0 Å². The van der Waals surface area contributed by atoms with E-state index in [1.54, 1.807) is 12.1 Å². The first-order valence-electron chi connectivity index (χ1n) is 10.8. The number of terminal acetylenes is 1. The molecule has 0 N–H and O–H groups in total. The van der Waals surface area contributed by atoms with Gasteiger partial charge in [0.15, 0.2) is 0 Å². The van der Waals surface area contributed by atoms with Crippen molar-refractivity contribution in [3.05, 3.63) is 89.7 Å². The smallest absolute Gasteiger partial charge is 0.127 e. The van der Waals surface area contributed by atoms with Crippen LogP contribution in [0.1, 0.15) is 44.2 Å². The average Bonchev–Trinajstić information content (AvgIpc) is 2.80. The van der Waals surface area contributed by atoms with Crippen LogP contribution < -0.4 is 9.47 Å². The monoisotopic (exact) mass is 416 g/mol. The van der Waals surface area contributed by atoms with E-state index in [2.05, 4.69) is 31.0 Å². The highest BCUT2D eigenvalue weighted by Gasteiger charge is 2.27. The number of hydrogen-bond acceptors (Lipinski definition) is 2. The molecule has 3 heteroatoms. The molecule has 0 aromatic heterocycles. The van der Waals surface area contributed by atoms with E-state index in [9.17, 15) is 4.39 Å². The fraction of sp³-hybridized carbons (Fsp3) is 0.286. The van der Waals surface area contributed by atoms with Gasteiger partial charge in [0.05, 0.1) is 12.0 Å². The molecule has 0 fully saturated rings. The van der Waals surface area contributed by atoms with Gasteiger partial charge in [-0.15, -0.1) is 6.42 Å². The Bertz CT molecular complexity index is 1000. The molecule has 0 bridgehead atoms. The van der Waals surface area contributed by atoms with Crippen molar-refractivity contribution in [2.45, 2.75) is 44.9 Å². The SMILES string of the molecule is C#CC(CC)(CCCc1cccc(Oc2ccc(F)cc2)c1)c1ccc(OCC)cc1. The number of ether oxygens (including phenoxy) is 2. The van der Waals surface area contributed by atoms with Gasteiger partial charge in [0.1, 0.15) is 23.1 Å². The van der Waals surface area contributed by atoms with Gasteiger partial charge in [0.25, 0.3) is 0 Å². The van der Waals surface area contributed by atoms with E-state index in [1.807, 2.05) is 37.3 Å². The van der Waals surface area contributed by atoms with Crippen LogP contribution in [0.25, 0.3) is 0 Å². The molecule has 1 unspecified atom stereocenters. The molecule has 3 aromatic rings. The topological polar surface area (TPSA) is 18.5 Å². The van der Waals surface area contributed by atoms with Crippen LogP contribution in [0.4, 0.5) is 4.39 Å². The summed E-state index contributed by atoms with van der Waals surface area (Å²) in [6.45, 7) is 4.77. The van der Waals surface area contributed by atoms with Gasteiger partial charge < -0.3 is 9.47 Å². The maximum Gasteiger partial charge on any atom is 0.127 e. The Labute approximate surface area is 185 Å². The number of benzene rings is 3. The molecule has 0 radical (unpaired) electrons. The van der Waals surface area contributed by atoms with Crippen molar-refractivity contribution in [1.82, 2.24) is 0 Å². The molecule has 3 aromatic carbocycles. The van der Waals surface area contributed by atoms with Crippen LogP contribution in [-0.4, -0.2) is 6.61 Å². The molecule has 0 aliphatic heterocycles. The maximum atomic E-state index is 13.1. The van der Waals surface area contributed by atoms with E-state index in [4.69, 9.17) is 15.9 Å². The molecule has 2 nitrogen and oxygen atoms in total. The molecular formula is C28H29FO2. The van der Waals surface area contributed by atoms with Gasteiger partial charge >= 0.3 is 0 Å². The van der Waals surface area contributed by atoms with Crippen molar-refractivity contribution in [2.24, 2.45) is 0 Å². The molecule has 0 saturated carbocycles. The summed E-state index contributed by atoms with van der Waals surface area (Å²) in [7, 11) is 0. The van der Waals surface area contributed by atoms with Crippen molar-refractivity contribution in [3.63, 3.8) is 0 Å². The highest BCUT2D eigenvalue weighted by Crippen LogP contribution is 2.34. The third kappa shape index (κ3) is 5.89. The van der Waals surface area contributed by atoms with Crippen molar-refractivity contribution < 1.29 is 13.9 Å². The lowest BCUT2D eigenvalue weighted by molar-refractivity contribution is 0.340. The molecular weight excluding hydrogens is 387 g/mol. The predicted molar refractivity (Wildman–Crippen MR) is 124 cm³/mol. The Hall–Kier alpha value is -3.25. The van der Waals surface area contributed by atoms with E-state index < -0.39 is 0 Å². The molecule has 1 atom stereocenters. The summed E-state index contributed by atoms with van der Waals surface area (Å²) in [5.41, 5.74) is 2.06. The Morgan fingerprint density at radius 2 is 1.61 bits per heavy atom. The van der Waals surface area contributed by atoms with Crippen LogP contribution in [0, 0.1) is 18.2 Å². The summed E-state index contributed by atoms with van der Waals surface area (Å²) in [6.07, 6.45) is 9.67. The molecule has 0 heterocycles.